The summed E-state index contributed by atoms with van der Waals surface area (Å²) in [5, 5.41) is 11.4. The number of amides is 1. The summed E-state index contributed by atoms with van der Waals surface area (Å²) in [6.45, 7) is 7.15. The summed E-state index contributed by atoms with van der Waals surface area (Å²) in [5.41, 5.74) is 2.85. The van der Waals surface area contributed by atoms with Gasteiger partial charge in [0.25, 0.3) is 11.7 Å². The molecule has 1 heterocycles. The third-order valence-electron chi connectivity index (χ3n) is 6.47. The second-order valence-electron chi connectivity index (χ2n) is 9.11. The number of Topliss-reactive ketones (excluding diaryl/α,β-unsaturated/α-hetero) is 1. The zero-order valence-electron chi connectivity index (χ0n) is 22.2. The van der Waals surface area contributed by atoms with Gasteiger partial charge in [-0.3, -0.25) is 9.59 Å². The highest BCUT2D eigenvalue weighted by atomic mass is 16.5. The van der Waals surface area contributed by atoms with E-state index in [2.05, 4.69) is 0 Å². The number of hydrogen-bond acceptors (Lipinski definition) is 6. The number of ether oxygens (including phenoxy) is 3. The molecular formula is C31H33NO6. The van der Waals surface area contributed by atoms with Gasteiger partial charge in [0.2, 0.25) is 0 Å². The van der Waals surface area contributed by atoms with Crippen LogP contribution in [0, 0.1) is 6.92 Å². The van der Waals surface area contributed by atoms with Crippen molar-refractivity contribution in [2.45, 2.75) is 39.8 Å². The number of aliphatic hydroxyl groups is 1. The molecule has 1 amide bonds. The Kier molecular flexibility index (Phi) is 8.36. The number of ketones is 1. The highest BCUT2D eigenvalue weighted by molar-refractivity contribution is 6.46. The molecule has 0 aromatic heterocycles. The zero-order chi connectivity index (χ0) is 27.2. The Morgan fingerprint density at radius 3 is 2.21 bits per heavy atom. The van der Waals surface area contributed by atoms with Gasteiger partial charge in [-0.05, 0) is 79.4 Å². The summed E-state index contributed by atoms with van der Waals surface area (Å²) < 4.78 is 16.6. The molecule has 1 aliphatic heterocycles. The van der Waals surface area contributed by atoms with Gasteiger partial charge < -0.3 is 24.2 Å². The summed E-state index contributed by atoms with van der Waals surface area (Å²) in [5.74, 6) is 0.482. The first-order valence-electron chi connectivity index (χ1n) is 12.8. The Labute approximate surface area is 223 Å². The van der Waals surface area contributed by atoms with Crippen molar-refractivity contribution in [3.8, 4) is 17.2 Å². The van der Waals surface area contributed by atoms with E-state index < -0.39 is 17.7 Å². The number of benzene rings is 3. The number of methoxy groups -OCH3 is 1. The van der Waals surface area contributed by atoms with Crippen molar-refractivity contribution >= 4 is 17.4 Å². The first-order chi connectivity index (χ1) is 18.4. The average Bonchev–Trinajstić information content (AvgIpc) is 3.18. The normalized spacial score (nSPS) is 16.5. The molecule has 1 fully saturated rings. The fourth-order valence-electron chi connectivity index (χ4n) is 4.56. The lowest BCUT2D eigenvalue weighted by molar-refractivity contribution is -0.140. The number of rotatable bonds is 10. The molecule has 1 unspecified atom stereocenters. The van der Waals surface area contributed by atoms with E-state index in [1.54, 1.807) is 49.6 Å². The smallest absolute Gasteiger partial charge is 0.295 e. The first-order valence-corrected chi connectivity index (χ1v) is 12.8. The van der Waals surface area contributed by atoms with Crippen molar-refractivity contribution in [3.63, 3.8) is 0 Å². The van der Waals surface area contributed by atoms with Crippen LogP contribution in [0.4, 0.5) is 0 Å². The minimum absolute atomic E-state index is 0.0488. The number of nitrogens with zero attached hydrogens (tertiary/aromatic N) is 1. The van der Waals surface area contributed by atoms with Gasteiger partial charge >= 0.3 is 0 Å². The van der Waals surface area contributed by atoms with Crippen molar-refractivity contribution in [1.82, 2.24) is 4.90 Å². The summed E-state index contributed by atoms with van der Waals surface area (Å²) in [7, 11) is 1.57. The van der Waals surface area contributed by atoms with Crippen molar-refractivity contribution in [3.05, 3.63) is 94.6 Å². The Bertz CT molecular complexity index is 1330. The summed E-state index contributed by atoms with van der Waals surface area (Å²) in [6.07, 6.45) is 0.876. The summed E-state index contributed by atoms with van der Waals surface area (Å²) >= 11 is 0. The highest BCUT2D eigenvalue weighted by Crippen LogP contribution is 2.41. The van der Waals surface area contributed by atoms with Crippen molar-refractivity contribution in [1.29, 1.82) is 0 Å². The van der Waals surface area contributed by atoms with Crippen molar-refractivity contribution in [2.75, 3.05) is 20.3 Å². The van der Waals surface area contributed by atoms with E-state index in [1.807, 2.05) is 45.0 Å². The molecule has 1 saturated heterocycles. The second-order valence-corrected chi connectivity index (χ2v) is 9.11. The third kappa shape index (κ3) is 5.52. The molecule has 38 heavy (non-hydrogen) atoms. The Morgan fingerprint density at radius 2 is 1.61 bits per heavy atom. The molecule has 1 N–H and O–H groups in total. The first kappa shape index (κ1) is 26.8. The van der Waals surface area contributed by atoms with E-state index in [9.17, 15) is 14.7 Å². The predicted molar refractivity (Wildman–Crippen MR) is 145 cm³/mol. The van der Waals surface area contributed by atoms with Crippen LogP contribution in [0.3, 0.4) is 0 Å². The van der Waals surface area contributed by atoms with E-state index in [0.717, 1.165) is 23.3 Å². The topological polar surface area (TPSA) is 85.3 Å². The summed E-state index contributed by atoms with van der Waals surface area (Å²) in [4.78, 5) is 28.2. The number of aliphatic hydroxyl groups excluding tert-OH is 1. The quantitative estimate of drug-likeness (QED) is 0.208. The number of hydrogen-bond donors (Lipinski definition) is 1. The van der Waals surface area contributed by atoms with E-state index in [1.165, 1.54) is 4.90 Å². The van der Waals surface area contributed by atoms with Crippen LogP contribution in [0.2, 0.25) is 0 Å². The highest BCUT2D eigenvalue weighted by Gasteiger charge is 2.46. The molecule has 7 heteroatoms. The van der Waals surface area contributed by atoms with Crippen LogP contribution in [-0.4, -0.2) is 42.0 Å². The maximum atomic E-state index is 13.4. The molecule has 1 aliphatic rings. The Balaban J connectivity index is 1.77. The van der Waals surface area contributed by atoms with Crippen LogP contribution in [-0.2, 0) is 16.1 Å². The van der Waals surface area contributed by atoms with Gasteiger partial charge in [-0.2, -0.15) is 0 Å². The largest absolute Gasteiger partial charge is 0.507 e. The van der Waals surface area contributed by atoms with E-state index in [-0.39, 0.29) is 17.9 Å². The van der Waals surface area contributed by atoms with Gasteiger partial charge in [0.1, 0.15) is 23.0 Å². The number of aryl methyl sites for hydroxylation is 1. The van der Waals surface area contributed by atoms with Gasteiger partial charge in [-0.1, -0.05) is 31.2 Å². The molecule has 0 radical (unpaired) electrons. The van der Waals surface area contributed by atoms with Crippen LogP contribution >= 0.6 is 0 Å². The van der Waals surface area contributed by atoms with Crippen molar-refractivity contribution < 1.29 is 28.9 Å². The third-order valence-corrected chi connectivity index (χ3v) is 6.47. The second kappa shape index (κ2) is 11.9. The van der Waals surface area contributed by atoms with E-state index >= 15 is 0 Å². The van der Waals surface area contributed by atoms with Crippen LogP contribution in [0.25, 0.3) is 5.76 Å². The summed E-state index contributed by atoms with van der Waals surface area (Å²) in [6, 6.07) is 19.0. The van der Waals surface area contributed by atoms with Gasteiger partial charge in [0, 0.05) is 12.1 Å². The van der Waals surface area contributed by atoms with Gasteiger partial charge in [0.15, 0.2) is 0 Å². The van der Waals surface area contributed by atoms with Crippen LogP contribution in [0.15, 0.2) is 72.3 Å². The molecule has 1 atom stereocenters. The molecule has 3 aromatic rings. The fraction of sp³-hybridized carbons (Fsp3) is 0.290. The van der Waals surface area contributed by atoms with Crippen LogP contribution < -0.4 is 14.2 Å². The predicted octanol–water partition coefficient (Wildman–Crippen LogP) is 5.81. The Morgan fingerprint density at radius 1 is 0.921 bits per heavy atom. The average molecular weight is 516 g/mol. The monoisotopic (exact) mass is 515 g/mol. The number of carbonyl (C=O) groups excluding carboxylic acids is 2. The lowest BCUT2D eigenvalue weighted by Crippen LogP contribution is -2.29. The molecule has 4 rings (SSSR count). The molecule has 0 bridgehead atoms. The standard InChI is InChI=1S/C31H33NO6/c1-5-17-38-26-16-11-23(18-20(26)3)29(33)27-28(22-9-14-24(36-4)15-10-22)32(31(35)30(27)34)19-21-7-12-25(13-8-21)37-6-2/h7-16,18,28,33H,5-6,17,19H2,1-4H3/b29-27-. The van der Waals surface area contributed by atoms with Gasteiger partial charge in [-0.15, -0.1) is 0 Å². The van der Waals surface area contributed by atoms with Crippen molar-refractivity contribution in [2.24, 2.45) is 0 Å². The number of carbonyl (C=O) groups is 2. The molecule has 0 aliphatic carbocycles. The minimum Gasteiger partial charge on any atom is -0.507 e. The SMILES string of the molecule is CCCOc1ccc(/C(O)=C2/C(=O)C(=O)N(Cc3ccc(OCC)cc3)C2c2ccc(OC)cc2)cc1C. The molecule has 0 saturated carbocycles. The lowest BCUT2D eigenvalue weighted by Gasteiger charge is -2.25. The molecule has 0 spiro atoms. The van der Waals surface area contributed by atoms with Crippen LogP contribution in [0.5, 0.6) is 17.2 Å². The molecular weight excluding hydrogens is 482 g/mol. The van der Waals surface area contributed by atoms with E-state index in [0.29, 0.717) is 35.8 Å². The molecule has 198 valence electrons. The van der Waals surface area contributed by atoms with Gasteiger partial charge in [-0.25, -0.2) is 0 Å². The minimum atomic E-state index is -0.774. The van der Waals surface area contributed by atoms with Gasteiger partial charge in [0.05, 0.1) is 31.9 Å². The number of likely N-dealkylation sites (tertiary alicyclic amines) is 1. The maximum Gasteiger partial charge on any atom is 0.295 e. The molecule has 7 nitrogen and oxygen atoms in total. The van der Waals surface area contributed by atoms with Crippen LogP contribution in [0.1, 0.15) is 48.6 Å². The lowest BCUT2D eigenvalue weighted by atomic mass is 9.94. The Hall–Kier alpha value is -4.26. The van der Waals surface area contributed by atoms with E-state index in [4.69, 9.17) is 14.2 Å². The zero-order valence-corrected chi connectivity index (χ0v) is 22.2. The maximum absolute atomic E-state index is 13.4. The molecule has 3 aromatic carbocycles. The fourth-order valence-corrected chi connectivity index (χ4v) is 4.56.